The standard InChI is InChI=1S/C26H25N5O3S/c1-18-15-19(2)29-26(28-18)31-23-10-6-9-21(16-23)25(32)30-22-11-13-24(14-12-22)35(33,34)27-17-20-7-4-3-5-8-20/h3-16,27H,17H2,1-2H3,(H,30,32)(H,28,29,31). The zero-order valence-electron chi connectivity index (χ0n) is 19.3. The van der Waals surface area contributed by atoms with Crippen LogP contribution in [0.2, 0.25) is 0 Å². The first-order valence-electron chi connectivity index (χ1n) is 10.9. The summed E-state index contributed by atoms with van der Waals surface area (Å²) in [6.45, 7) is 3.97. The molecule has 0 aliphatic heterocycles. The maximum Gasteiger partial charge on any atom is 0.255 e. The molecule has 0 radical (unpaired) electrons. The number of sulfonamides is 1. The zero-order chi connectivity index (χ0) is 24.8. The van der Waals surface area contributed by atoms with Crippen molar-refractivity contribution in [3.05, 3.63) is 107 Å². The number of amides is 1. The van der Waals surface area contributed by atoms with Crippen LogP contribution >= 0.6 is 0 Å². The van der Waals surface area contributed by atoms with Crippen LogP contribution in [0.25, 0.3) is 0 Å². The first-order valence-corrected chi connectivity index (χ1v) is 12.4. The van der Waals surface area contributed by atoms with Gasteiger partial charge in [0.25, 0.3) is 5.91 Å². The lowest BCUT2D eigenvalue weighted by atomic mass is 10.2. The topological polar surface area (TPSA) is 113 Å². The van der Waals surface area contributed by atoms with Crippen molar-refractivity contribution in [1.29, 1.82) is 0 Å². The van der Waals surface area contributed by atoms with Crippen LogP contribution in [0.3, 0.4) is 0 Å². The van der Waals surface area contributed by atoms with Crippen molar-refractivity contribution < 1.29 is 13.2 Å². The lowest BCUT2D eigenvalue weighted by molar-refractivity contribution is 0.102. The van der Waals surface area contributed by atoms with E-state index in [1.165, 1.54) is 12.1 Å². The second-order valence-electron chi connectivity index (χ2n) is 7.97. The Hall–Kier alpha value is -4.08. The summed E-state index contributed by atoms with van der Waals surface area (Å²) in [4.78, 5) is 21.6. The summed E-state index contributed by atoms with van der Waals surface area (Å²) in [6.07, 6.45) is 0. The summed E-state index contributed by atoms with van der Waals surface area (Å²) in [5, 5.41) is 5.91. The van der Waals surface area contributed by atoms with E-state index in [1.54, 1.807) is 30.3 Å². The van der Waals surface area contributed by atoms with Gasteiger partial charge in [0.05, 0.1) is 4.90 Å². The van der Waals surface area contributed by atoms with Gasteiger partial charge in [-0.3, -0.25) is 4.79 Å². The minimum absolute atomic E-state index is 0.117. The van der Waals surface area contributed by atoms with E-state index in [1.807, 2.05) is 56.3 Å². The quantitative estimate of drug-likeness (QED) is 0.336. The molecule has 8 nitrogen and oxygen atoms in total. The number of rotatable bonds is 8. The summed E-state index contributed by atoms with van der Waals surface area (Å²) in [7, 11) is -3.68. The molecule has 0 atom stereocenters. The number of aryl methyl sites for hydroxylation is 2. The van der Waals surface area contributed by atoms with Gasteiger partial charge in [0.1, 0.15) is 0 Å². The van der Waals surface area contributed by atoms with E-state index in [0.717, 1.165) is 17.0 Å². The summed E-state index contributed by atoms with van der Waals surface area (Å²) < 4.78 is 27.7. The second-order valence-corrected chi connectivity index (χ2v) is 9.74. The Morgan fingerprint density at radius 1 is 0.800 bits per heavy atom. The molecule has 0 saturated heterocycles. The molecule has 3 N–H and O–H groups in total. The van der Waals surface area contributed by atoms with E-state index >= 15 is 0 Å². The molecule has 9 heteroatoms. The number of aromatic nitrogens is 2. The van der Waals surface area contributed by atoms with Crippen molar-refractivity contribution in [2.75, 3.05) is 10.6 Å². The Kier molecular flexibility index (Phi) is 7.19. The number of hydrogen-bond donors (Lipinski definition) is 3. The minimum Gasteiger partial charge on any atom is -0.324 e. The molecule has 178 valence electrons. The van der Waals surface area contributed by atoms with Crippen LogP contribution in [0, 0.1) is 13.8 Å². The molecule has 0 unspecified atom stereocenters. The summed E-state index contributed by atoms with van der Waals surface area (Å²) >= 11 is 0. The minimum atomic E-state index is -3.68. The highest BCUT2D eigenvalue weighted by Gasteiger charge is 2.14. The molecule has 1 aromatic heterocycles. The number of nitrogens with zero attached hydrogens (tertiary/aromatic N) is 2. The molecule has 1 amide bonds. The van der Waals surface area contributed by atoms with Gasteiger partial charge in [-0.2, -0.15) is 0 Å². The maximum absolute atomic E-state index is 12.8. The summed E-state index contributed by atoms with van der Waals surface area (Å²) in [5.74, 6) is 0.130. The number of benzene rings is 3. The zero-order valence-corrected chi connectivity index (χ0v) is 20.1. The first kappa shape index (κ1) is 24.1. The molecule has 35 heavy (non-hydrogen) atoms. The monoisotopic (exact) mass is 487 g/mol. The van der Waals surface area contributed by atoms with E-state index in [0.29, 0.717) is 22.9 Å². The highest BCUT2D eigenvalue weighted by atomic mass is 32.2. The van der Waals surface area contributed by atoms with Crippen molar-refractivity contribution in [1.82, 2.24) is 14.7 Å². The lowest BCUT2D eigenvalue weighted by Gasteiger charge is -2.10. The third kappa shape index (κ3) is 6.50. The summed E-state index contributed by atoms with van der Waals surface area (Å²) in [5.41, 5.74) is 4.13. The Bertz CT molecular complexity index is 1420. The molecule has 0 saturated carbocycles. The molecular formula is C26H25N5O3S. The normalized spacial score (nSPS) is 11.1. The van der Waals surface area contributed by atoms with Crippen molar-refractivity contribution in [3.63, 3.8) is 0 Å². The molecule has 4 rings (SSSR count). The van der Waals surface area contributed by atoms with Gasteiger partial charge in [0.2, 0.25) is 16.0 Å². The van der Waals surface area contributed by atoms with Crippen LogP contribution in [0.4, 0.5) is 17.3 Å². The molecule has 0 bridgehead atoms. The molecular weight excluding hydrogens is 462 g/mol. The highest BCUT2D eigenvalue weighted by molar-refractivity contribution is 7.89. The van der Waals surface area contributed by atoms with Crippen LogP contribution in [0.1, 0.15) is 27.3 Å². The van der Waals surface area contributed by atoms with Gasteiger partial charge in [-0.05, 0) is 67.9 Å². The number of carbonyl (C=O) groups excluding carboxylic acids is 1. The van der Waals surface area contributed by atoms with Crippen molar-refractivity contribution in [2.45, 2.75) is 25.3 Å². The lowest BCUT2D eigenvalue weighted by Crippen LogP contribution is -2.23. The van der Waals surface area contributed by atoms with Gasteiger partial charge in [-0.15, -0.1) is 0 Å². The predicted molar refractivity (Wildman–Crippen MR) is 136 cm³/mol. The number of nitrogens with one attached hydrogen (secondary N) is 3. The van der Waals surface area contributed by atoms with Crippen LogP contribution in [0.5, 0.6) is 0 Å². The predicted octanol–water partition coefficient (Wildman–Crippen LogP) is 4.57. The molecule has 0 spiro atoms. The largest absolute Gasteiger partial charge is 0.324 e. The third-order valence-corrected chi connectivity index (χ3v) is 6.51. The Morgan fingerprint density at radius 2 is 1.49 bits per heavy atom. The first-order chi connectivity index (χ1) is 16.8. The molecule has 0 fully saturated rings. The number of anilines is 3. The molecule has 1 heterocycles. The van der Waals surface area contributed by atoms with Gasteiger partial charge in [0.15, 0.2) is 0 Å². The van der Waals surface area contributed by atoms with Gasteiger partial charge in [0, 0.05) is 34.9 Å². The fraction of sp³-hybridized carbons (Fsp3) is 0.115. The third-order valence-electron chi connectivity index (χ3n) is 5.09. The van der Waals surface area contributed by atoms with Gasteiger partial charge < -0.3 is 10.6 Å². The van der Waals surface area contributed by atoms with E-state index in [-0.39, 0.29) is 17.3 Å². The van der Waals surface area contributed by atoms with E-state index in [4.69, 9.17) is 0 Å². The van der Waals surface area contributed by atoms with Crippen molar-refractivity contribution >= 4 is 33.3 Å². The summed E-state index contributed by atoms with van der Waals surface area (Å²) in [6, 6.07) is 24.1. The van der Waals surface area contributed by atoms with Crippen molar-refractivity contribution in [3.8, 4) is 0 Å². The Morgan fingerprint density at radius 3 is 2.17 bits per heavy atom. The molecule has 3 aromatic carbocycles. The van der Waals surface area contributed by atoms with Crippen LogP contribution in [0.15, 0.2) is 89.8 Å². The van der Waals surface area contributed by atoms with E-state index in [9.17, 15) is 13.2 Å². The average Bonchev–Trinajstić information content (AvgIpc) is 2.83. The highest BCUT2D eigenvalue weighted by Crippen LogP contribution is 2.19. The molecule has 0 aliphatic carbocycles. The van der Waals surface area contributed by atoms with Crippen molar-refractivity contribution in [2.24, 2.45) is 0 Å². The fourth-order valence-corrected chi connectivity index (χ4v) is 4.45. The van der Waals surface area contributed by atoms with Crippen LogP contribution in [-0.2, 0) is 16.6 Å². The number of hydrogen-bond acceptors (Lipinski definition) is 6. The number of carbonyl (C=O) groups is 1. The van der Waals surface area contributed by atoms with Crippen LogP contribution in [-0.4, -0.2) is 24.3 Å². The molecule has 4 aromatic rings. The van der Waals surface area contributed by atoms with Crippen LogP contribution < -0.4 is 15.4 Å². The van der Waals surface area contributed by atoms with E-state index in [2.05, 4.69) is 25.3 Å². The van der Waals surface area contributed by atoms with E-state index < -0.39 is 10.0 Å². The molecule has 0 aliphatic rings. The smallest absolute Gasteiger partial charge is 0.255 e. The fourth-order valence-electron chi connectivity index (χ4n) is 3.43. The maximum atomic E-state index is 12.8. The Labute approximate surface area is 204 Å². The van der Waals surface area contributed by atoms with Gasteiger partial charge >= 0.3 is 0 Å². The Balaban J connectivity index is 1.40. The SMILES string of the molecule is Cc1cc(C)nc(Nc2cccc(C(=O)Nc3ccc(S(=O)(=O)NCc4ccccc4)cc3)c2)n1. The van der Waals surface area contributed by atoms with Gasteiger partial charge in [-0.25, -0.2) is 23.1 Å². The average molecular weight is 488 g/mol. The van der Waals surface area contributed by atoms with Gasteiger partial charge in [-0.1, -0.05) is 36.4 Å². The second kappa shape index (κ2) is 10.5.